The highest BCUT2D eigenvalue weighted by Gasteiger charge is 2.28. The van der Waals surface area contributed by atoms with Gasteiger partial charge in [-0.05, 0) is 19.8 Å². The maximum atomic E-state index is 12.6. The molecule has 114 valence electrons. The molecule has 0 radical (unpaired) electrons. The lowest BCUT2D eigenvalue weighted by atomic mass is 10.1. The van der Waals surface area contributed by atoms with Gasteiger partial charge in [0.05, 0.1) is 6.10 Å². The summed E-state index contributed by atoms with van der Waals surface area (Å²) in [6.45, 7) is 4.47. The first kappa shape index (κ1) is 14.6. The number of hydrogen-bond donors (Lipinski definition) is 0. The van der Waals surface area contributed by atoms with E-state index in [9.17, 15) is 9.59 Å². The molecule has 0 N–H and O–H groups in total. The first-order valence-electron chi connectivity index (χ1n) is 7.34. The maximum absolute atomic E-state index is 12.6. The van der Waals surface area contributed by atoms with Crippen LogP contribution in [-0.4, -0.2) is 51.9 Å². The third kappa shape index (κ3) is 2.85. The molecule has 3 heterocycles. The van der Waals surface area contributed by atoms with Crippen molar-refractivity contribution in [1.29, 1.82) is 0 Å². The van der Waals surface area contributed by atoms with Crippen LogP contribution in [0.5, 0.6) is 0 Å². The van der Waals surface area contributed by atoms with Crippen LogP contribution in [-0.2, 0) is 11.3 Å². The van der Waals surface area contributed by atoms with Crippen molar-refractivity contribution in [2.24, 2.45) is 0 Å². The third-order valence-corrected chi connectivity index (χ3v) is 4.83. The lowest BCUT2D eigenvalue weighted by Crippen LogP contribution is -2.45. The van der Waals surface area contributed by atoms with Crippen LogP contribution in [0.1, 0.15) is 30.1 Å². The van der Waals surface area contributed by atoms with Gasteiger partial charge in [0.15, 0.2) is 5.16 Å². The van der Waals surface area contributed by atoms with Gasteiger partial charge in [-0.3, -0.25) is 14.2 Å². The van der Waals surface area contributed by atoms with Crippen molar-refractivity contribution in [1.82, 2.24) is 14.5 Å². The molecule has 1 aromatic heterocycles. The van der Waals surface area contributed by atoms with E-state index in [0.29, 0.717) is 31.4 Å². The van der Waals surface area contributed by atoms with E-state index in [1.165, 1.54) is 6.20 Å². The molecule has 1 unspecified atom stereocenters. The number of likely N-dealkylation sites (tertiary alicyclic amines) is 1. The first-order valence-corrected chi connectivity index (χ1v) is 8.32. The number of carbonyl (C=O) groups excluding carboxylic acids is 1. The zero-order chi connectivity index (χ0) is 14.8. The number of ether oxygens (including phenoxy) is 1. The minimum atomic E-state index is -0.218. The molecular weight excluding hydrogens is 290 g/mol. The van der Waals surface area contributed by atoms with Crippen LogP contribution in [0.2, 0.25) is 0 Å². The Balaban J connectivity index is 1.81. The summed E-state index contributed by atoms with van der Waals surface area (Å²) in [6, 6.07) is 0. The molecule has 0 bridgehead atoms. The largest absolute Gasteiger partial charge is 0.377 e. The Morgan fingerprint density at radius 3 is 3.19 bits per heavy atom. The minimum absolute atomic E-state index is 0.0772. The predicted octanol–water partition coefficient (Wildman–Crippen LogP) is 0.990. The summed E-state index contributed by atoms with van der Waals surface area (Å²) in [5.41, 5.74) is -0.0352. The Labute approximate surface area is 127 Å². The van der Waals surface area contributed by atoms with Crippen LogP contribution in [0.25, 0.3) is 0 Å². The van der Waals surface area contributed by atoms with Gasteiger partial charge < -0.3 is 9.64 Å². The number of nitrogens with zero attached hydrogens (tertiary/aromatic N) is 3. The van der Waals surface area contributed by atoms with E-state index >= 15 is 0 Å². The number of aromatic nitrogens is 2. The van der Waals surface area contributed by atoms with Crippen LogP contribution in [0, 0.1) is 0 Å². The molecule has 0 aromatic carbocycles. The third-order valence-electron chi connectivity index (χ3n) is 3.85. The molecule has 0 spiro atoms. The Hall–Kier alpha value is -1.34. The summed E-state index contributed by atoms with van der Waals surface area (Å²) in [4.78, 5) is 30.9. The number of fused-ring (bicyclic) bond motifs is 1. The van der Waals surface area contributed by atoms with Crippen LogP contribution >= 0.6 is 11.8 Å². The highest BCUT2D eigenvalue weighted by molar-refractivity contribution is 7.99. The number of hydrogen-bond acceptors (Lipinski definition) is 5. The van der Waals surface area contributed by atoms with Crippen LogP contribution in [0.15, 0.2) is 16.1 Å². The molecule has 2 aliphatic heterocycles. The maximum Gasteiger partial charge on any atom is 0.267 e. The number of piperidine rings is 1. The molecule has 7 heteroatoms. The Kier molecular flexibility index (Phi) is 4.30. The molecule has 0 aliphatic carbocycles. The lowest BCUT2D eigenvalue weighted by Gasteiger charge is -2.32. The van der Waals surface area contributed by atoms with E-state index in [2.05, 4.69) is 4.98 Å². The highest BCUT2D eigenvalue weighted by Crippen LogP contribution is 2.21. The monoisotopic (exact) mass is 309 g/mol. The number of amides is 1. The molecule has 1 amide bonds. The Morgan fingerprint density at radius 2 is 2.38 bits per heavy atom. The predicted molar refractivity (Wildman–Crippen MR) is 79.8 cm³/mol. The van der Waals surface area contributed by atoms with Crippen molar-refractivity contribution in [2.75, 3.05) is 25.4 Å². The molecule has 1 atom stereocenters. The van der Waals surface area contributed by atoms with Crippen molar-refractivity contribution in [3.8, 4) is 0 Å². The van der Waals surface area contributed by atoms with Gasteiger partial charge in [-0.15, -0.1) is 0 Å². The lowest BCUT2D eigenvalue weighted by molar-refractivity contribution is 0.00712. The molecule has 6 nitrogen and oxygen atoms in total. The summed E-state index contributed by atoms with van der Waals surface area (Å²) >= 11 is 1.55. The van der Waals surface area contributed by atoms with Gasteiger partial charge in [-0.2, -0.15) is 0 Å². The molecule has 3 rings (SSSR count). The fourth-order valence-corrected chi connectivity index (χ4v) is 3.74. The summed E-state index contributed by atoms with van der Waals surface area (Å²) in [5.74, 6) is 0.625. The second kappa shape index (κ2) is 6.19. The molecule has 1 saturated heterocycles. The average molecular weight is 309 g/mol. The Bertz CT molecular complexity index is 600. The van der Waals surface area contributed by atoms with Gasteiger partial charge in [0, 0.05) is 38.2 Å². The fraction of sp³-hybridized carbons (Fsp3) is 0.643. The molecular formula is C14H19N3O3S. The average Bonchev–Trinajstić information content (AvgIpc) is 2.97. The second-order valence-corrected chi connectivity index (χ2v) is 6.29. The van der Waals surface area contributed by atoms with Gasteiger partial charge in [-0.1, -0.05) is 11.8 Å². The molecule has 0 saturated carbocycles. The summed E-state index contributed by atoms with van der Waals surface area (Å²) in [7, 11) is 0. The smallest absolute Gasteiger partial charge is 0.267 e. The number of thioether (sulfide) groups is 1. The van der Waals surface area contributed by atoms with Crippen molar-refractivity contribution < 1.29 is 9.53 Å². The van der Waals surface area contributed by atoms with Gasteiger partial charge in [0.25, 0.3) is 11.5 Å². The molecule has 2 aliphatic rings. The van der Waals surface area contributed by atoms with E-state index in [4.69, 9.17) is 4.74 Å². The van der Waals surface area contributed by atoms with Gasteiger partial charge in [-0.25, -0.2) is 4.98 Å². The van der Waals surface area contributed by atoms with Crippen molar-refractivity contribution in [2.45, 2.75) is 37.6 Å². The van der Waals surface area contributed by atoms with Crippen LogP contribution in [0.4, 0.5) is 0 Å². The van der Waals surface area contributed by atoms with Crippen LogP contribution < -0.4 is 5.56 Å². The van der Waals surface area contributed by atoms with Gasteiger partial charge in [0.1, 0.15) is 5.56 Å². The van der Waals surface area contributed by atoms with Crippen molar-refractivity contribution in [3.63, 3.8) is 0 Å². The standard InChI is InChI=1S/C14H19N3O3S/c1-2-20-10-4-3-5-16(9-10)12(18)11-8-15-14-17(13(11)19)6-7-21-14/h8,10H,2-7,9H2,1H3. The number of rotatable bonds is 3. The summed E-state index contributed by atoms with van der Waals surface area (Å²) < 4.78 is 7.21. The van der Waals surface area contributed by atoms with Crippen molar-refractivity contribution >= 4 is 17.7 Å². The summed E-state index contributed by atoms with van der Waals surface area (Å²) in [6.07, 6.45) is 3.38. The fourth-order valence-electron chi connectivity index (χ4n) is 2.83. The molecule has 1 fully saturated rings. The highest BCUT2D eigenvalue weighted by atomic mass is 32.2. The van der Waals surface area contributed by atoms with Gasteiger partial charge >= 0.3 is 0 Å². The SMILES string of the molecule is CCOC1CCCN(C(=O)c2cnc3n(c2=O)CCS3)C1. The quantitative estimate of drug-likeness (QED) is 0.779. The minimum Gasteiger partial charge on any atom is -0.377 e. The summed E-state index contributed by atoms with van der Waals surface area (Å²) in [5, 5.41) is 0.711. The zero-order valence-electron chi connectivity index (χ0n) is 12.1. The molecule has 1 aromatic rings. The van der Waals surface area contributed by atoms with E-state index < -0.39 is 0 Å². The normalized spacial score (nSPS) is 21.4. The van der Waals surface area contributed by atoms with E-state index in [-0.39, 0.29) is 23.1 Å². The van der Waals surface area contributed by atoms with Crippen LogP contribution in [0.3, 0.4) is 0 Å². The van der Waals surface area contributed by atoms with E-state index in [1.807, 2.05) is 6.92 Å². The van der Waals surface area contributed by atoms with E-state index in [1.54, 1.807) is 21.2 Å². The van der Waals surface area contributed by atoms with Gasteiger partial charge in [0.2, 0.25) is 0 Å². The second-order valence-electron chi connectivity index (χ2n) is 5.23. The number of carbonyl (C=O) groups is 1. The Morgan fingerprint density at radius 1 is 1.52 bits per heavy atom. The van der Waals surface area contributed by atoms with Crippen molar-refractivity contribution in [3.05, 3.63) is 22.1 Å². The topological polar surface area (TPSA) is 64.4 Å². The molecule has 21 heavy (non-hydrogen) atoms. The van der Waals surface area contributed by atoms with E-state index in [0.717, 1.165) is 18.6 Å². The zero-order valence-corrected chi connectivity index (χ0v) is 12.9. The first-order chi connectivity index (χ1) is 10.2.